The number of rotatable bonds is 5. The van der Waals surface area contributed by atoms with Gasteiger partial charge in [0.2, 0.25) is 5.91 Å². The molecule has 1 amide bonds. The molecule has 0 saturated heterocycles. The highest BCUT2D eigenvalue weighted by Gasteiger charge is 2.24. The summed E-state index contributed by atoms with van der Waals surface area (Å²) in [7, 11) is 0. The van der Waals surface area contributed by atoms with Crippen LogP contribution in [0.25, 0.3) is 0 Å². The summed E-state index contributed by atoms with van der Waals surface area (Å²) in [5.41, 5.74) is 0.842. The highest BCUT2D eigenvalue weighted by atomic mass is 16.3. The largest absolute Gasteiger partial charge is 0.387 e. The lowest BCUT2D eigenvalue weighted by Crippen LogP contribution is -2.28. The summed E-state index contributed by atoms with van der Waals surface area (Å²) in [5.74, 6) is 0.645. The molecular formula is C13H17NO2. The number of carbonyl (C=O) groups is 1. The van der Waals surface area contributed by atoms with Gasteiger partial charge in [-0.15, -0.1) is 0 Å². The highest BCUT2D eigenvalue weighted by molar-refractivity contribution is 5.76. The topological polar surface area (TPSA) is 49.3 Å². The Morgan fingerprint density at radius 1 is 1.38 bits per heavy atom. The summed E-state index contributed by atoms with van der Waals surface area (Å²) < 4.78 is 0. The molecular weight excluding hydrogens is 202 g/mol. The summed E-state index contributed by atoms with van der Waals surface area (Å²) in [6.07, 6.45) is 2.36. The van der Waals surface area contributed by atoms with E-state index < -0.39 is 6.10 Å². The Morgan fingerprint density at radius 2 is 2.06 bits per heavy atom. The molecule has 0 spiro atoms. The van der Waals surface area contributed by atoms with Crippen molar-refractivity contribution in [2.75, 3.05) is 6.54 Å². The van der Waals surface area contributed by atoms with Crippen molar-refractivity contribution < 1.29 is 9.90 Å². The summed E-state index contributed by atoms with van der Waals surface area (Å²) in [6.45, 7) is 0.301. The van der Waals surface area contributed by atoms with Gasteiger partial charge in [-0.1, -0.05) is 30.3 Å². The fraction of sp³-hybridized carbons (Fsp3) is 0.462. The second-order valence-corrected chi connectivity index (χ2v) is 4.38. The Hall–Kier alpha value is -1.35. The Labute approximate surface area is 95.5 Å². The van der Waals surface area contributed by atoms with E-state index in [2.05, 4.69) is 5.32 Å². The number of aliphatic hydroxyl groups excluding tert-OH is 1. The van der Waals surface area contributed by atoms with Gasteiger partial charge in [-0.25, -0.2) is 0 Å². The van der Waals surface area contributed by atoms with Gasteiger partial charge in [0.25, 0.3) is 0 Å². The van der Waals surface area contributed by atoms with Crippen molar-refractivity contribution in [3.05, 3.63) is 35.9 Å². The van der Waals surface area contributed by atoms with Gasteiger partial charge in [0, 0.05) is 13.0 Å². The molecule has 0 heterocycles. The fourth-order valence-corrected chi connectivity index (χ4v) is 1.66. The Bertz CT molecular complexity index is 346. The van der Waals surface area contributed by atoms with Crippen LogP contribution in [0.15, 0.2) is 30.3 Å². The number of amides is 1. The monoisotopic (exact) mass is 219 g/mol. The maximum Gasteiger partial charge on any atom is 0.220 e. The smallest absolute Gasteiger partial charge is 0.220 e. The van der Waals surface area contributed by atoms with Crippen LogP contribution in [-0.2, 0) is 4.79 Å². The number of hydrogen-bond acceptors (Lipinski definition) is 2. The van der Waals surface area contributed by atoms with Crippen LogP contribution in [0.4, 0.5) is 0 Å². The maximum atomic E-state index is 11.4. The molecule has 1 fully saturated rings. The molecule has 1 aromatic rings. The minimum Gasteiger partial charge on any atom is -0.387 e. The van der Waals surface area contributed by atoms with Gasteiger partial charge in [0.05, 0.1) is 6.10 Å². The average Bonchev–Trinajstić information content (AvgIpc) is 3.11. The van der Waals surface area contributed by atoms with Gasteiger partial charge < -0.3 is 10.4 Å². The van der Waals surface area contributed by atoms with Crippen LogP contribution >= 0.6 is 0 Å². The second-order valence-electron chi connectivity index (χ2n) is 4.38. The van der Waals surface area contributed by atoms with Crippen LogP contribution in [-0.4, -0.2) is 17.6 Å². The first-order chi connectivity index (χ1) is 7.75. The molecule has 3 nitrogen and oxygen atoms in total. The van der Waals surface area contributed by atoms with Crippen molar-refractivity contribution >= 4 is 5.91 Å². The van der Waals surface area contributed by atoms with Gasteiger partial charge >= 0.3 is 0 Å². The highest BCUT2D eigenvalue weighted by Crippen LogP contribution is 2.32. The molecule has 1 atom stereocenters. The fourth-order valence-electron chi connectivity index (χ4n) is 1.66. The quantitative estimate of drug-likeness (QED) is 0.791. The second kappa shape index (κ2) is 5.12. The van der Waals surface area contributed by atoms with E-state index in [1.165, 1.54) is 12.8 Å². The lowest BCUT2D eigenvalue weighted by Gasteiger charge is -2.11. The van der Waals surface area contributed by atoms with Crippen molar-refractivity contribution in [2.24, 2.45) is 5.92 Å². The molecule has 2 rings (SSSR count). The van der Waals surface area contributed by atoms with E-state index in [9.17, 15) is 9.90 Å². The molecule has 0 radical (unpaired) electrons. The van der Waals surface area contributed by atoms with Crippen molar-refractivity contribution in [1.82, 2.24) is 5.32 Å². The van der Waals surface area contributed by atoms with E-state index in [-0.39, 0.29) is 5.91 Å². The van der Waals surface area contributed by atoms with Gasteiger partial charge in [0.15, 0.2) is 0 Å². The molecule has 1 aliphatic rings. The van der Waals surface area contributed by atoms with E-state index >= 15 is 0 Å². The van der Waals surface area contributed by atoms with Crippen LogP contribution in [0.1, 0.15) is 30.9 Å². The van der Waals surface area contributed by atoms with Crippen LogP contribution in [0, 0.1) is 5.92 Å². The van der Waals surface area contributed by atoms with Crippen molar-refractivity contribution in [1.29, 1.82) is 0 Å². The van der Waals surface area contributed by atoms with Crippen LogP contribution in [0.2, 0.25) is 0 Å². The van der Waals surface area contributed by atoms with Crippen LogP contribution in [0.5, 0.6) is 0 Å². The van der Waals surface area contributed by atoms with Gasteiger partial charge in [-0.3, -0.25) is 4.79 Å². The molecule has 3 heteroatoms. The van der Waals surface area contributed by atoms with E-state index in [4.69, 9.17) is 0 Å². The van der Waals surface area contributed by atoms with Crippen molar-refractivity contribution in [3.63, 3.8) is 0 Å². The summed E-state index contributed by atoms with van der Waals surface area (Å²) in [6, 6.07) is 9.38. The number of carbonyl (C=O) groups excluding carboxylic acids is 1. The van der Waals surface area contributed by atoms with E-state index in [1.807, 2.05) is 30.3 Å². The third-order valence-corrected chi connectivity index (χ3v) is 2.85. The van der Waals surface area contributed by atoms with E-state index in [0.29, 0.717) is 18.9 Å². The standard InChI is InChI=1S/C13H17NO2/c15-12(11-4-2-1-3-5-11)9-14-13(16)8-10-6-7-10/h1-5,10,12,15H,6-9H2,(H,14,16). The first-order valence-corrected chi connectivity index (χ1v) is 5.75. The zero-order chi connectivity index (χ0) is 11.4. The summed E-state index contributed by atoms with van der Waals surface area (Å²) >= 11 is 0. The Balaban J connectivity index is 1.74. The van der Waals surface area contributed by atoms with Gasteiger partial charge in [0.1, 0.15) is 0 Å². The molecule has 1 aromatic carbocycles. The van der Waals surface area contributed by atoms with Gasteiger partial charge in [-0.05, 0) is 24.3 Å². The SMILES string of the molecule is O=C(CC1CC1)NCC(O)c1ccccc1. The minimum absolute atomic E-state index is 0.0532. The van der Waals surface area contributed by atoms with Crippen LogP contribution < -0.4 is 5.32 Å². The van der Waals surface area contributed by atoms with Gasteiger partial charge in [-0.2, -0.15) is 0 Å². The van der Waals surface area contributed by atoms with E-state index in [1.54, 1.807) is 0 Å². The molecule has 1 aliphatic carbocycles. The molecule has 1 unspecified atom stereocenters. The lowest BCUT2D eigenvalue weighted by molar-refractivity contribution is -0.121. The summed E-state index contributed by atoms with van der Waals surface area (Å²) in [4.78, 5) is 11.4. The lowest BCUT2D eigenvalue weighted by atomic mass is 10.1. The normalized spacial score (nSPS) is 16.8. The van der Waals surface area contributed by atoms with Crippen LogP contribution in [0.3, 0.4) is 0 Å². The first kappa shape index (κ1) is 11.1. The van der Waals surface area contributed by atoms with Crippen molar-refractivity contribution in [2.45, 2.75) is 25.4 Å². The van der Waals surface area contributed by atoms with E-state index in [0.717, 1.165) is 5.56 Å². The molecule has 0 aliphatic heterocycles. The Morgan fingerprint density at radius 3 is 2.69 bits per heavy atom. The number of nitrogens with one attached hydrogen (secondary N) is 1. The molecule has 1 saturated carbocycles. The minimum atomic E-state index is -0.607. The zero-order valence-corrected chi connectivity index (χ0v) is 9.23. The number of aliphatic hydroxyl groups is 1. The number of benzene rings is 1. The third kappa shape index (κ3) is 3.35. The van der Waals surface area contributed by atoms with Crippen molar-refractivity contribution in [3.8, 4) is 0 Å². The number of hydrogen-bond donors (Lipinski definition) is 2. The predicted octanol–water partition coefficient (Wildman–Crippen LogP) is 1.64. The maximum absolute atomic E-state index is 11.4. The Kier molecular flexibility index (Phi) is 3.57. The molecule has 86 valence electrons. The molecule has 0 bridgehead atoms. The molecule has 0 aromatic heterocycles. The summed E-state index contributed by atoms with van der Waals surface area (Å²) in [5, 5.41) is 12.6. The third-order valence-electron chi connectivity index (χ3n) is 2.85. The average molecular weight is 219 g/mol. The first-order valence-electron chi connectivity index (χ1n) is 5.75. The predicted molar refractivity (Wildman–Crippen MR) is 61.8 cm³/mol. The molecule has 16 heavy (non-hydrogen) atoms. The molecule has 2 N–H and O–H groups in total. The zero-order valence-electron chi connectivity index (χ0n) is 9.23.